The molecule has 5 heteroatoms. The van der Waals surface area contributed by atoms with Crippen LogP contribution in [0.25, 0.3) is 16.8 Å². The third-order valence-corrected chi connectivity index (χ3v) is 4.81. The third-order valence-electron chi connectivity index (χ3n) is 4.58. The van der Waals surface area contributed by atoms with Crippen LogP contribution in [0.2, 0.25) is 5.02 Å². The van der Waals surface area contributed by atoms with E-state index in [0.29, 0.717) is 10.8 Å². The number of benzene rings is 1. The van der Waals surface area contributed by atoms with Crippen LogP contribution in [0.5, 0.6) is 0 Å². The van der Waals surface area contributed by atoms with Gasteiger partial charge in [0.1, 0.15) is 0 Å². The summed E-state index contributed by atoms with van der Waals surface area (Å²) in [5, 5.41) is 3.75. The minimum absolute atomic E-state index is 0.0154. The molecule has 0 saturated heterocycles. The van der Waals surface area contributed by atoms with Gasteiger partial charge in [0.05, 0.1) is 6.20 Å². The zero-order valence-electron chi connectivity index (χ0n) is 14.9. The largest absolute Gasteiger partial charge is 0.351 e. The number of imidazole rings is 1. The maximum atomic E-state index is 12.8. The molecule has 1 atom stereocenters. The number of amides is 1. The molecule has 2 heterocycles. The Morgan fingerprint density at radius 2 is 1.96 bits per heavy atom. The first-order chi connectivity index (χ1) is 11.8. The standard InChI is InChI=1S/C20H22ClN3O/c1-13(20(2,3)4)22-19(25)18-23-17(14-8-7-9-15(21)12-14)16-10-5-6-11-24(16)18/h5-13H,1-4H3,(H,22,25)/p+1/t13-/m1/s1. The number of carbonyl (C=O) groups excluding carboxylic acids is 1. The van der Waals surface area contributed by atoms with Crippen LogP contribution in [0, 0.1) is 5.41 Å². The number of hydrogen-bond donors (Lipinski definition) is 2. The molecule has 25 heavy (non-hydrogen) atoms. The van der Waals surface area contributed by atoms with Gasteiger partial charge < -0.3 is 5.32 Å². The minimum Gasteiger partial charge on any atom is -0.343 e. The highest BCUT2D eigenvalue weighted by molar-refractivity contribution is 6.30. The summed E-state index contributed by atoms with van der Waals surface area (Å²) in [5.41, 5.74) is 2.73. The van der Waals surface area contributed by atoms with E-state index in [1.165, 1.54) is 0 Å². The van der Waals surface area contributed by atoms with E-state index in [2.05, 4.69) is 31.1 Å². The fourth-order valence-electron chi connectivity index (χ4n) is 2.60. The lowest BCUT2D eigenvalue weighted by Gasteiger charge is -2.27. The number of rotatable bonds is 3. The molecule has 2 aromatic heterocycles. The number of carbonyl (C=O) groups is 1. The van der Waals surface area contributed by atoms with Gasteiger partial charge in [-0.05, 0) is 36.6 Å². The van der Waals surface area contributed by atoms with Crippen molar-refractivity contribution in [3.8, 4) is 11.3 Å². The second-order valence-electron chi connectivity index (χ2n) is 7.38. The number of nitrogens with zero attached hydrogens (tertiary/aromatic N) is 1. The maximum absolute atomic E-state index is 12.8. The van der Waals surface area contributed by atoms with Crippen LogP contribution in [0.1, 0.15) is 38.3 Å². The van der Waals surface area contributed by atoms with Gasteiger partial charge in [-0.1, -0.05) is 50.6 Å². The van der Waals surface area contributed by atoms with Gasteiger partial charge in [-0.3, -0.25) is 4.79 Å². The number of H-pyrrole nitrogens is 1. The summed E-state index contributed by atoms with van der Waals surface area (Å²) in [7, 11) is 0. The molecule has 0 unspecified atom stereocenters. The molecule has 0 fully saturated rings. The quantitative estimate of drug-likeness (QED) is 0.677. The van der Waals surface area contributed by atoms with Crippen molar-refractivity contribution < 1.29 is 9.20 Å². The van der Waals surface area contributed by atoms with Crippen LogP contribution in [-0.2, 0) is 0 Å². The molecule has 0 saturated carbocycles. The van der Waals surface area contributed by atoms with E-state index in [4.69, 9.17) is 11.6 Å². The highest BCUT2D eigenvalue weighted by Gasteiger charge is 2.29. The van der Waals surface area contributed by atoms with E-state index in [9.17, 15) is 4.79 Å². The number of aromatic nitrogens is 2. The molecule has 130 valence electrons. The molecule has 4 nitrogen and oxygen atoms in total. The lowest BCUT2D eigenvalue weighted by molar-refractivity contribution is -0.514. The van der Waals surface area contributed by atoms with Gasteiger partial charge in [-0.25, -0.2) is 4.98 Å². The van der Waals surface area contributed by atoms with Crippen LogP contribution >= 0.6 is 11.6 Å². The lowest BCUT2D eigenvalue weighted by atomic mass is 9.88. The molecule has 1 aromatic carbocycles. The van der Waals surface area contributed by atoms with Crippen molar-refractivity contribution in [2.24, 2.45) is 5.41 Å². The molecule has 0 bridgehead atoms. The predicted octanol–water partition coefficient (Wildman–Crippen LogP) is 4.24. The Kier molecular flexibility index (Phi) is 4.56. The first-order valence-electron chi connectivity index (χ1n) is 8.36. The summed E-state index contributed by atoms with van der Waals surface area (Å²) >= 11 is 6.13. The Balaban J connectivity index is 2.07. The van der Waals surface area contributed by atoms with Crippen LogP contribution < -0.4 is 9.72 Å². The number of aromatic amines is 1. The zero-order valence-corrected chi connectivity index (χ0v) is 15.7. The Morgan fingerprint density at radius 1 is 1.20 bits per heavy atom. The zero-order chi connectivity index (χ0) is 18.2. The second-order valence-corrected chi connectivity index (χ2v) is 7.81. The highest BCUT2D eigenvalue weighted by Crippen LogP contribution is 2.25. The fourth-order valence-corrected chi connectivity index (χ4v) is 2.79. The molecular weight excluding hydrogens is 334 g/mol. The van der Waals surface area contributed by atoms with Gasteiger partial charge >= 0.3 is 11.7 Å². The topological polar surface area (TPSA) is 49.0 Å². The van der Waals surface area contributed by atoms with Gasteiger partial charge in [0.25, 0.3) is 0 Å². The van der Waals surface area contributed by atoms with Crippen molar-refractivity contribution in [1.82, 2.24) is 10.3 Å². The van der Waals surface area contributed by atoms with Crippen LogP contribution in [0.15, 0.2) is 48.7 Å². The van der Waals surface area contributed by atoms with Crippen molar-refractivity contribution in [2.75, 3.05) is 0 Å². The number of nitrogens with one attached hydrogen (secondary N) is 2. The summed E-state index contributed by atoms with van der Waals surface area (Å²) in [6.45, 7) is 8.34. The van der Waals surface area contributed by atoms with E-state index in [1.54, 1.807) is 0 Å². The van der Waals surface area contributed by atoms with Crippen molar-refractivity contribution in [1.29, 1.82) is 0 Å². The second kappa shape index (κ2) is 6.52. The third kappa shape index (κ3) is 3.54. The summed E-state index contributed by atoms with van der Waals surface area (Å²) in [6, 6.07) is 13.5. The van der Waals surface area contributed by atoms with Gasteiger partial charge in [0.15, 0.2) is 11.2 Å². The average molecular weight is 357 g/mol. The van der Waals surface area contributed by atoms with Crippen molar-refractivity contribution in [3.63, 3.8) is 0 Å². The van der Waals surface area contributed by atoms with E-state index in [1.807, 2.05) is 60.0 Å². The summed E-state index contributed by atoms with van der Waals surface area (Å²) < 4.78 is 1.88. The van der Waals surface area contributed by atoms with E-state index in [-0.39, 0.29) is 17.4 Å². The number of halogens is 1. The SMILES string of the molecule is C[C@@H](NC(=O)c1[nH]c(-c2cccc(Cl)c2)c2cccc[n+]12)C(C)(C)C. The Labute approximate surface area is 152 Å². The van der Waals surface area contributed by atoms with Crippen molar-refractivity contribution in [3.05, 3.63) is 59.5 Å². The number of fused-ring (bicyclic) bond motifs is 1. The minimum atomic E-state index is -0.128. The Hall–Kier alpha value is -2.33. The fraction of sp³-hybridized carbons (Fsp3) is 0.300. The van der Waals surface area contributed by atoms with E-state index in [0.717, 1.165) is 16.8 Å². The summed E-state index contributed by atoms with van der Waals surface area (Å²) in [4.78, 5) is 16.1. The Morgan fingerprint density at radius 3 is 2.64 bits per heavy atom. The highest BCUT2D eigenvalue weighted by atomic mass is 35.5. The average Bonchev–Trinajstić information content (AvgIpc) is 2.93. The van der Waals surface area contributed by atoms with Gasteiger partial charge in [-0.2, -0.15) is 4.40 Å². The van der Waals surface area contributed by atoms with Gasteiger partial charge in [-0.15, -0.1) is 0 Å². The molecule has 0 aliphatic carbocycles. The maximum Gasteiger partial charge on any atom is 0.351 e. The van der Waals surface area contributed by atoms with Crippen LogP contribution in [0.3, 0.4) is 0 Å². The monoisotopic (exact) mass is 356 g/mol. The summed E-state index contributed by atoms with van der Waals surface area (Å²) in [5.74, 6) is 0.374. The number of pyridine rings is 1. The lowest BCUT2D eigenvalue weighted by Crippen LogP contribution is -2.44. The molecular formula is C20H23ClN3O+. The van der Waals surface area contributed by atoms with E-state index >= 15 is 0 Å². The molecule has 3 aromatic rings. The molecule has 1 amide bonds. The number of hydrogen-bond acceptors (Lipinski definition) is 1. The summed E-state index contributed by atoms with van der Waals surface area (Å²) in [6.07, 6.45) is 1.89. The van der Waals surface area contributed by atoms with Gasteiger partial charge in [0, 0.05) is 16.6 Å². The van der Waals surface area contributed by atoms with Crippen molar-refractivity contribution in [2.45, 2.75) is 33.7 Å². The molecule has 3 rings (SSSR count). The molecule has 0 radical (unpaired) electrons. The first kappa shape index (κ1) is 17.5. The van der Waals surface area contributed by atoms with E-state index < -0.39 is 0 Å². The molecule has 0 aliphatic rings. The van der Waals surface area contributed by atoms with Crippen LogP contribution in [0.4, 0.5) is 0 Å². The van der Waals surface area contributed by atoms with Crippen molar-refractivity contribution >= 4 is 23.0 Å². The van der Waals surface area contributed by atoms with Gasteiger partial charge in [0.2, 0.25) is 0 Å². The van der Waals surface area contributed by atoms with Crippen LogP contribution in [-0.4, -0.2) is 16.9 Å². The predicted molar refractivity (Wildman–Crippen MR) is 101 cm³/mol. The normalized spacial score (nSPS) is 13.0. The molecule has 2 N–H and O–H groups in total. The smallest absolute Gasteiger partial charge is 0.343 e. The molecule has 0 spiro atoms. The molecule has 0 aliphatic heterocycles. The first-order valence-corrected chi connectivity index (χ1v) is 8.74. The Bertz CT molecular complexity index is 924.